The van der Waals surface area contributed by atoms with Crippen LogP contribution < -0.4 is 10.6 Å². The minimum Gasteiger partial charge on any atom is -0.394 e. The zero-order chi connectivity index (χ0) is 12.5. The number of nitrogen functional groups attached to an aromatic ring is 1. The Morgan fingerprint density at radius 3 is 3.00 bits per heavy atom. The van der Waals surface area contributed by atoms with Crippen molar-refractivity contribution in [3.8, 4) is 0 Å². The van der Waals surface area contributed by atoms with Gasteiger partial charge in [-0.1, -0.05) is 0 Å². The summed E-state index contributed by atoms with van der Waals surface area (Å²) in [6.07, 6.45) is 1.25. The lowest BCUT2D eigenvalue weighted by molar-refractivity contribution is -0.101. The average Bonchev–Trinajstić information content (AvgIpc) is 2.27. The van der Waals surface area contributed by atoms with Gasteiger partial charge in [0.1, 0.15) is 18.0 Å². The van der Waals surface area contributed by atoms with Gasteiger partial charge in [0.05, 0.1) is 18.3 Å². The number of anilines is 2. The largest absolute Gasteiger partial charge is 0.394 e. The van der Waals surface area contributed by atoms with Crippen molar-refractivity contribution in [3.63, 3.8) is 0 Å². The summed E-state index contributed by atoms with van der Waals surface area (Å²) >= 11 is 0. The molecule has 6 nitrogen and oxygen atoms in total. The van der Waals surface area contributed by atoms with Crippen LogP contribution in [-0.4, -0.2) is 46.5 Å². The molecule has 0 spiro atoms. The molecule has 0 radical (unpaired) electrons. The Morgan fingerprint density at radius 1 is 1.59 bits per heavy atom. The SMILES string of the molecule is CC1(C)CN(c2cc(N)ncn2)CC(CO)O1. The molecular weight excluding hydrogens is 220 g/mol. The van der Waals surface area contributed by atoms with Crippen molar-refractivity contribution in [2.75, 3.05) is 30.3 Å². The molecule has 1 aromatic heterocycles. The van der Waals surface area contributed by atoms with Gasteiger partial charge in [0.25, 0.3) is 0 Å². The van der Waals surface area contributed by atoms with Gasteiger partial charge in [0.2, 0.25) is 0 Å². The second-order valence-corrected chi connectivity index (χ2v) is 4.86. The number of aromatic nitrogens is 2. The Labute approximate surface area is 100 Å². The molecule has 0 aromatic carbocycles. The molecule has 1 saturated heterocycles. The highest BCUT2D eigenvalue weighted by atomic mass is 16.5. The predicted molar refractivity (Wildman–Crippen MR) is 64.7 cm³/mol. The smallest absolute Gasteiger partial charge is 0.134 e. The fourth-order valence-corrected chi connectivity index (χ4v) is 2.10. The summed E-state index contributed by atoms with van der Waals surface area (Å²) in [5.41, 5.74) is 5.33. The molecule has 2 heterocycles. The minimum atomic E-state index is -0.314. The highest BCUT2D eigenvalue weighted by molar-refractivity contribution is 5.46. The van der Waals surface area contributed by atoms with Crippen LogP contribution in [0.25, 0.3) is 0 Å². The normalized spacial score (nSPS) is 23.7. The molecule has 1 atom stereocenters. The number of aliphatic hydroxyl groups excluding tert-OH is 1. The number of nitrogens with zero attached hydrogens (tertiary/aromatic N) is 3. The molecule has 0 saturated carbocycles. The lowest BCUT2D eigenvalue weighted by Gasteiger charge is -2.42. The van der Waals surface area contributed by atoms with Gasteiger partial charge in [-0.2, -0.15) is 0 Å². The lowest BCUT2D eigenvalue weighted by atomic mass is 10.1. The third-order valence-corrected chi connectivity index (χ3v) is 2.68. The number of aliphatic hydroxyl groups is 1. The molecule has 6 heteroatoms. The number of ether oxygens (including phenoxy) is 1. The van der Waals surface area contributed by atoms with E-state index in [9.17, 15) is 5.11 Å². The van der Waals surface area contributed by atoms with E-state index in [0.29, 0.717) is 18.9 Å². The highest BCUT2D eigenvalue weighted by Crippen LogP contribution is 2.24. The van der Waals surface area contributed by atoms with E-state index < -0.39 is 0 Å². The predicted octanol–water partition coefficient (Wildman–Crippen LogP) is 0.0349. The van der Waals surface area contributed by atoms with Gasteiger partial charge in [0, 0.05) is 19.2 Å². The van der Waals surface area contributed by atoms with Crippen molar-refractivity contribution in [1.29, 1.82) is 0 Å². The van der Waals surface area contributed by atoms with Crippen molar-refractivity contribution in [3.05, 3.63) is 12.4 Å². The molecule has 1 unspecified atom stereocenters. The first kappa shape index (κ1) is 12.1. The van der Waals surface area contributed by atoms with Crippen LogP contribution in [0.4, 0.5) is 11.6 Å². The van der Waals surface area contributed by atoms with E-state index in [0.717, 1.165) is 5.82 Å². The van der Waals surface area contributed by atoms with Crippen molar-refractivity contribution in [2.45, 2.75) is 25.6 Å². The van der Waals surface area contributed by atoms with Crippen LogP contribution >= 0.6 is 0 Å². The van der Waals surface area contributed by atoms with Crippen LogP contribution in [0.1, 0.15) is 13.8 Å². The summed E-state index contributed by atoms with van der Waals surface area (Å²) in [6, 6.07) is 1.73. The third kappa shape index (κ3) is 2.83. The Balaban J connectivity index is 2.20. The summed E-state index contributed by atoms with van der Waals surface area (Å²) in [5, 5.41) is 9.23. The van der Waals surface area contributed by atoms with E-state index in [4.69, 9.17) is 10.5 Å². The first-order valence-electron chi connectivity index (χ1n) is 5.61. The van der Waals surface area contributed by atoms with Gasteiger partial charge in [-0.15, -0.1) is 0 Å². The van der Waals surface area contributed by atoms with Crippen LogP contribution in [0, 0.1) is 0 Å². The van der Waals surface area contributed by atoms with Crippen molar-refractivity contribution in [2.24, 2.45) is 0 Å². The fraction of sp³-hybridized carbons (Fsp3) is 0.636. The molecule has 1 aromatic rings. The van der Waals surface area contributed by atoms with Crippen LogP contribution in [-0.2, 0) is 4.74 Å². The molecule has 17 heavy (non-hydrogen) atoms. The zero-order valence-electron chi connectivity index (χ0n) is 10.1. The van der Waals surface area contributed by atoms with E-state index in [1.807, 2.05) is 13.8 Å². The van der Waals surface area contributed by atoms with Crippen LogP contribution in [0.3, 0.4) is 0 Å². The summed E-state index contributed by atoms with van der Waals surface area (Å²) in [6.45, 7) is 5.30. The van der Waals surface area contributed by atoms with Gasteiger partial charge >= 0.3 is 0 Å². The zero-order valence-corrected chi connectivity index (χ0v) is 10.1. The summed E-state index contributed by atoms with van der Waals surface area (Å²) < 4.78 is 5.74. The standard InChI is InChI=1S/C11H18N4O2/c1-11(2)6-15(4-8(5-16)17-11)10-3-9(12)13-7-14-10/h3,7-8,16H,4-6H2,1-2H3,(H2,12,13,14). The number of nitrogens with two attached hydrogens (primary N) is 1. The van der Waals surface area contributed by atoms with Crippen LogP contribution in [0.2, 0.25) is 0 Å². The van der Waals surface area contributed by atoms with E-state index in [-0.39, 0.29) is 18.3 Å². The first-order valence-corrected chi connectivity index (χ1v) is 5.61. The first-order chi connectivity index (χ1) is 8.00. The Kier molecular flexibility index (Phi) is 3.17. The quantitative estimate of drug-likeness (QED) is 0.756. The van der Waals surface area contributed by atoms with Gasteiger partial charge in [-0.25, -0.2) is 9.97 Å². The van der Waals surface area contributed by atoms with Gasteiger partial charge < -0.3 is 20.5 Å². The van der Waals surface area contributed by atoms with E-state index in [1.54, 1.807) is 6.07 Å². The Hall–Kier alpha value is -1.40. The maximum Gasteiger partial charge on any atom is 0.134 e. The number of rotatable bonds is 2. The topological polar surface area (TPSA) is 84.5 Å². The average molecular weight is 238 g/mol. The monoisotopic (exact) mass is 238 g/mol. The maximum absolute atomic E-state index is 9.23. The number of hydrogen-bond acceptors (Lipinski definition) is 6. The number of morpholine rings is 1. The molecule has 1 aliphatic heterocycles. The molecule has 94 valence electrons. The fourth-order valence-electron chi connectivity index (χ4n) is 2.10. The Morgan fingerprint density at radius 2 is 2.35 bits per heavy atom. The van der Waals surface area contributed by atoms with Crippen molar-refractivity contribution >= 4 is 11.6 Å². The van der Waals surface area contributed by atoms with Gasteiger partial charge in [-0.3, -0.25) is 0 Å². The van der Waals surface area contributed by atoms with E-state index in [2.05, 4.69) is 14.9 Å². The van der Waals surface area contributed by atoms with Crippen LogP contribution in [0.15, 0.2) is 12.4 Å². The molecule has 0 aliphatic carbocycles. The lowest BCUT2D eigenvalue weighted by Crippen LogP contribution is -2.54. The van der Waals surface area contributed by atoms with Gasteiger partial charge in [0.15, 0.2) is 0 Å². The molecule has 1 aliphatic rings. The summed E-state index contributed by atoms with van der Waals surface area (Å²) in [7, 11) is 0. The third-order valence-electron chi connectivity index (χ3n) is 2.68. The van der Waals surface area contributed by atoms with Crippen LogP contribution in [0.5, 0.6) is 0 Å². The Bertz CT molecular complexity index is 397. The van der Waals surface area contributed by atoms with E-state index >= 15 is 0 Å². The second kappa shape index (κ2) is 4.46. The molecule has 0 bridgehead atoms. The van der Waals surface area contributed by atoms with Gasteiger partial charge in [-0.05, 0) is 13.8 Å². The molecular formula is C11H18N4O2. The molecule has 2 rings (SSSR count). The summed E-state index contributed by atoms with van der Waals surface area (Å²) in [5.74, 6) is 1.21. The molecule has 3 N–H and O–H groups in total. The second-order valence-electron chi connectivity index (χ2n) is 4.86. The molecule has 1 fully saturated rings. The number of hydrogen-bond donors (Lipinski definition) is 2. The van der Waals surface area contributed by atoms with Crippen molar-refractivity contribution < 1.29 is 9.84 Å². The minimum absolute atomic E-state index is 0.000492. The maximum atomic E-state index is 9.23. The summed E-state index contributed by atoms with van der Waals surface area (Å²) in [4.78, 5) is 10.1. The molecule has 0 amide bonds. The van der Waals surface area contributed by atoms with E-state index in [1.165, 1.54) is 6.33 Å². The van der Waals surface area contributed by atoms with Crippen molar-refractivity contribution in [1.82, 2.24) is 9.97 Å². The highest BCUT2D eigenvalue weighted by Gasteiger charge is 2.33.